The number of rotatable bonds is 8. The van der Waals surface area contributed by atoms with Crippen LogP contribution in [0, 0.1) is 5.82 Å². The van der Waals surface area contributed by atoms with Crippen LogP contribution < -0.4 is 15.5 Å². The Morgan fingerprint density at radius 3 is 2.52 bits per heavy atom. The number of allylic oxidation sites excluding steroid dienone is 1. The van der Waals surface area contributed by atoms with E-state index < -0.39 is 17.4 Å². The fourth-order valence-corrected chi connectivity index (χ4v) is 4.14. The molecule has 2 bridgehead atoms. The Labute approximate surface area is 193 Å². The summed E-state index contributed by atoms with van der Waals surface area (Å²) in [5.41, 5.74) is -0.445. The van der Waals surface area contributed by atoms with Gasteiger partial charge >= 0.3 is 0 Å². The quantitative estimate of drug-likeness (QED) is 0.456. The lowest BCUT2D eigenvalue weighted by Crippen LogP contribution is -2.72. The maximum atomic E-state index is 14.5. The molecule has 4 rings (SSSR count). The monoisotopic (exact) mass is 462 g/mol. The van der Waals surface area contributed by atoms with Gasteiger partial charge in [-0.2, -0.15) is 4.98 Å². The number of hydrogen-bond donors (Lipinski definition) is 2. The topological polar surface area (TPSA) is 90.5 Å². The minimum Gasteiger partial charge on any atom is -0.352 e. The van der Waals surface area contributed by atoms with Crippen molar-refractivity contribution in [3.63, 3.8) is 0 Å². The Morgan fingerprint density at radius 2 is 1.94 bits per heavy atom. The van der Waals surface area contributed by atoms with E-state index in [2.05, 4.69) is 20.6 Å². The summed E-state index contributed by atoms with van der Waals surface area (Å²) in [6, 6.07) is -0.312. The molecule has 4 heterocycles. The number of carbonyl (C=O) groups excluding carboxylic acids is 2. The first-order chi connectivity index (χ1) is 15.5. The first-order valence-electron chi connectivity index (χ1n) is 11.2. The van der Waals surface area contributed by atoms with Crippen LogP contribution in [-0.4, -0.2) is 70.6 Å². The third-order valence-electron chi connectivity index (χ3n) is 5.74. The largest absolute Gasteiger partial charge is 0.352 e. The van der Waals surface area contributed by atoms with Gasteiger partial charge in [-0.05, 0) is 41.0 Å². The Morgan fingerprint density at radius 1 is 1.27 bits per heavy atom. The number of fused-ring (bicyclic) bond motifs is 2. The van der Waals surface area contributed by atoms with Crippen molar-refractivity contribution in [2.24, 2.45) is 0 Å². The van der Waals surface area contributed by atoms with Crippen molar-refractivity contribution in [1.29, 1.82) is 0 Å². The minimum absolute atomic E-state index is 0.138. The van der Waals surface area contributed by atoms with Crippen molar-refractivity contribution in [2.75, 3.05) is 36.4 Å². The molecule has 0 saturated carbocycles. The van der Waals surface area contributed by atoms with E-state index in [0.717, 1.165) is 18.2 Å². The predicted octanol–water partition coefficient (Wildman–Crippen LogP) is 2.59. The summed E-state index contributed by atoms with van der Waals surface area (Å²) in [6.07, 6.45) is 5.40. The number of carbonyl (C=O) groups is 2. The number of piperidine rings is 1. The second-order valence-electron chi connectivity index (χ2n) is 9.05. The molecule has 33 heavy (non-hydrogen) atoms. The maximum Gasteiger partial charge on any atom is 0.260 e. The van der Waals surface area contributed by atoms with E-state index >= 15 is 0 Å². The SMILES string of the molecule is CCNC(=O)C(/C=C\CNc1ncc(F)c(N2CC3CC(C2)N3C(=O)C(C)(C)F)n1)=C(C)C. The molecule has 1 aromatic heterocycles. The number of piperazine rings is 1. The fraction of sp³-hybridized carbons (Fsp3) is 0.565. The van der Waals surface area contributed by atoms with Crippen LogP contribution >= 0.6 is 0 Å². The highest BCUT2D eigenvalue weighted by Gasteiger charge is 2.51. The van der Waals surface area contributed by atoms with E-state index in [1.54, 1.807) is 22.0 Å². The Kier molecular flexibility index (Phi) is 7.34. The number of nitrogens with one attached hydrogen (secondary N) is 2. The standard InChI is InChI=1S/C23H32F2N6O2/c1-6-26-20(32)17(14(2)3)8-7-9-27-22-28-11-18(24)19(29-22)30-12-15-10-16(13-30)31(15)21(33)23(4,5)25/h7-8,11,15-16H,6,9-10,12-13H2,1-5H3,(H,26,32)(H,27,28,29)/b8-7-. The van der Waals surface area contributed by atoms with Crippen molar-refractivity contribution in [2.45, 2.75) is 58.8 Å². The molecule has 2 amide bonds. The van der Waals surface area contributed by atoms with Crippen LogP contribution in [0.3, 0.4) is 0 Å². The lowest BCUT2D eigenvalue weighted by molar-refractivity contribution is -0.157. The zero-order chi connectivity index (χ0) is 24.3. The molecule has 2 unspecified atom stereocenters. The molecule has 180 valence electrons. The van der Waals surface area contributed by atoms with Gasteiger partial charge in [-0.3, -0.25) is 9.59 Å². The molecule has 0 aromatic carbocycles. The lowest BCUT2D eigenvalue weighted by atomic mass is 9.85. The van der Waals surface area contributed by atoms with Gasteiger partial charge < -0.3 is 20.4 Å². The first-order valence-corrected chi connectivity index (χ1v) is 11.2. The van der Waals surface area contributed by atoms with Crippen molar-refractivity contribution < 1.29 is 18.4 Å². The molecule has 0 radical (unpaired) electrons. The van der Waals surface area contributed by atoms with Gasteiger partial charge in [0, 0.05) is 31.8 Å². The number of anilines is 2. The summed E-state index contributed by atoms with van der Waals surface area (Å²) < 4.78 is 28.6. The normalized spacial score (nSPS) is 19.8. The molecule has 10 heteroatoms. The predicted molar refractivity (Wildman–Crippen MR) is 123 cm³/mol. The molecule has 3 aliphatic rings. The number of halogens is 2. The van der Waals surface area contributed by atoms with Crippen LogP contribution in [0.5, 0.6) is 0 Å². The van der Waals surface area contributed by atoms with E-state index in [4.69, 9.17) is 0 Å². The van der Waals surface area contributed by atoms with Crippen molar-refractivity contribution in [3.05, 3.63) is 35.3 Å². The average molecular weight is 463 g/mol. The number of alkyl halides is 1. The molecule has 3 fully saturated rings. The van der Waals surface area contributed by atoms with Gasteiger partial charge in [0.05, 0.1) is 18.3 Å². The van der Waals surface area contributed by atoms with Crippen molar-refractivity contribution in [3.8, 4) is 0 Å². The fourth-order valence-electron chi connectivity index (χ4n) is 4.14. The summed E-state index contributed by atoms with van der Waals surface area (Å²) in [7, 11) is 0. The molecule has 0 spiro atoms. The smallest absolute Gasteiger partial charge is 0.260 e. The number of amides is 2. The van der Waals surface area contributed by atoms with E-state index in [0.29, 0.717) is 31.8 Å². The number of hydrogen-bond acceptors (Lipinski definition) is 6. The van der Waals surface area contributed by atoms with Gasteiger partial charge in [0.25, 0.3) is 11.8 Å². The molecule has 2 N–H and O–H groups in total. The molecule has 0 aliphatic carbocycles. The molecule has 3 aliphatic heterocycles. The third kappa shape index (κ3) is 5.48. The minimum atomic E-state index is -1.92. The van der Waals surface area contributed by atoms with Crippen LogP contribution in [0.2, 0.25) is 0 Å². The van der Waals surface area contributed by atoms with Crippen molar-refractivity contribution >= 4 is 23.6 Å². The number of likely N-dealkylation sites (N-methyl/N-ethyl adjacent to an activating group) is 1. The van der Waals surface area contributed by atoms with E-state index in [1.807, 2.05) is 20.8 Å². The molecule has 3 saturated heterocycles. The van der Waals surface area contributed by atoms with Gasteiger partial charge in [-0.15, -0.1) is 0 Å². The number of aromatic nitrogens is 2. The highest BCUT2D eigenvalue weighted by molar-refractivity contribution is 5.96. The van der Waals surface area contributed by atoms with Gasteiger partial charge in [-0.1, -0.05) is 17.7 Å². The van der Waals surface area contributed by atoms with Gasteiger partial charge in [0.15, 0.2) is 17.3 Å². The van der Waals surface area contributed by atoms with Gasteiger partial charge in [0.2, 0.25) is 5.95 Å². The van der Waals surface area contributed by atoms with Crippen LogP contribution in [0.1, 0.15) is 41.0 Å². The van der Waals surface area contributed by atoms with Crippen LogP contribution in [0.25, 0.3) is 0 Å². The Bertz CT molecular complexity index is 956. The highest BCUT2D eigenvalue weighted by Crippen LogP contribution is 2.37. The van der Waals surface area contributed by atoms with Crippen LogP contribution in [0.4, 0.5) is 20.5 Å². The summed E-state index contributed by atoms with van der Waals surface area (Å²) in [5, 5.41) is 5.79. The van der Waals surface area contributed by atoms with E-state index in [1.165, 1.54) is 13.8 Å². The van der Waals surface area contributed by atoms with Crippen LogP contribution in [-0.2, 0) is 9.59 Å². The summed E-state index contributed by atoms with van der Waals surface area (Å²) in [5.74, 6) is -0.801. The maximum absolute atomic E-state index is 14.5. The van der Waals surface area contributed by atoms with E-state index in [9.17, 15) is 18.4 Å². The molecule has 8 nitrogen and oxygen atoms in total. The molecule has 2 atom stereocenters. The molecular formula is C23H32F2N6O2. The molecule has 1 aromatic rings. The Hall–Kier alpha value is -3.04. The zero-order valence-electron chi connectivity index (χ0n) is 19.8. The lowest BCUT2D eigenvalue weighted by Gasteiger charge is -2.57. The molecular weight excluding hydrogens is 430 g/mol. The van der Waals surface area contributed by atoms with Gasteiger partial charge in [-0.25, -0.2) is 13.8 Å². The number of nitrogens with zero attached hydrogens (tertiary/aromatic N) is 4. The van der Waals surface area contributed by atoms with Crippen LogP contribution in [0.15, 0.2) is 29.5 Å². The highest BCUT2D eigenvalue weighted by atomic mass is 19.1. The van der Waals surface area contributed by atoms with E-state index in [-0.39, 0.29) is 29.8 Å². The van der Waals surface area contributed by atoms with Crippen molar-refractivity contribution in [1.82, 2.24) is 20.2 Å². The zero-order valence-corrected chi connectivity index (χ0v) is 19.8. The first kappa shape index (κ1) is 24.6. The second kappa shape index (κ2) is 9.84. The second-order valence-corrected chi connectivity index (χ2v) is 9.05. The Balaban J connectivity index is 1.63. The van der Waals surface area contributed by atoms with Gasteiger partial charge in [0.1, 0.15) is 0 Å². The third-order valence-corrected chi connectivity index (χ3v) is 5.74. The summed E-state index contributed by atoms with van der Waals surface area (Å²) in [4.78, 5) is 36.1. The summed E-state index contributed by atoms with van der Waals surface area (Å²) >= 11 is 0. The summed E-state index contributed by atoms with van der Waals surface area (Å²) in [6.45, 7) is 9.78. The average Bonchev–Trinajstić information content (AvgIpc) is 2.73.